The quantitative estimate of drug-likeness (QED) is 0.837. The van der Waals surface area contributed by atoms with Gasteiger partial charge in [0, 0.05) is 17.6 Å². The minimum absolute atomic E-state index is 0.251. The van der Waals surface area contributed by atoms with Gasteiger partial charge in [0.25, 0.3) is 0 Å². The molecular formula is C21H25NO. The fraction of sp³-hybridized carbons (Fsp3) is 0.429. The van der Waals surface area contributed by atoms with E-state index in [0.717, 1.165) is 17.9 Å². The number of phenols is 1. The largest absolute Gasteiger partial charge is 0.508 e. The van der Waals surface area contributed by atoms with Gasteiger partial charge >= 0.3 is 0 Å². The third-order valence-corrected chi connectivity index (χ3v) is 5.78. The molecule has 0 amide bonds. The lowest BCUT2D eigenvalue weighted by molar-refractivity contribution is 0.148. The Hall–Kier alpha value is -1.80. The topological polar surface area (TPSA) is 32.3 Å². The Labute approximate surface area is 138 Å². The number of hydrogen-bond acceptors (Lipinski definition) is 2. The van der Waals surface area contributed by atoms with Crippen LogP contribution in [0.1, 0.15) is 55.2 Å². The number of para-hydroxylation sites is 1. The zero-order valence-electron chi connectivity index (χ0n) is 13.5. The third-order valence-electron chi connectivity index (χ3n) is 5.78. The van der Waals surface area contributed by atoms with Crippen molar-refractivity contribution in [2.75, 3.05) is 0 Å². The van der Waals surface area contributed by atoms with Gasteiger partial charge in [0.15, 0.2) is 0 Å². The average Bonchev–Trinajstić information content (AvgIpc) is 2.62. The molecule has 2 nitrogen and oxygen atoms in total. The first-order chi connectivity index (χ1) is 11.3. The molecule has 2 heteroatoms. The summed E-state index contributed by atoms with van der Waals surface area (Å²) in [5.41, 5.74) is 2.52. The summed E-state index contributed by atoms with van der Waals surface area (Å²) in [4.78, 5) is 0. The van der Waals surface area contributed by atoms with Crippen LogP contribution in [0.4, 0.5) is 0 Å². The van der Waals surface area contributed by atoms with Crippen LogP contribution in [0.15, 0.2) is 54.6 Å². The van der Waals surface area contributed by atoms with Gasteiger partial charge in [-0.1, -0.05) is 61.4 Å². The molecule has 1 heterocycles. The molecule has 2 aliphatic rings. The maximum atomic E-state index is 10.3. The van der Waals surface area contributed by atoms with Crippen molar-refractivity contribution >= 4 is 0 Å². The Kier molecular flexibility index (Phi) is 4.09. The molecule has 4 atom stereocenters. The van der Waals surface area contributed by atoms with Gasteiger partial charge in [-0.3, -0.25) is 0 Å². The van der Waals surface area contributed by atoms with E-state index in [0.29, 0.717) is 17.7 Å². The zero-order chi connectivity index (χ0) is 15.6. The summed E-state index contributed by atoms with van der Waals surface area (Å²) in [6, 6.07) is 19.6. The first-order valence-electron chi connectivity index (χ1n) is 8.92. The molecule has 2 N–H and O–H groups in total. The summed E-state index contributed by atoms with van der Waals surface area (Å²) in [6.45, 7) is 0. The predicted octanol–water partition coefficient (Wildman–Crippen LogP) is 4.77. The molecular weight excluding hydrogens is 282 g/mol. The average molecular weight is 307 g/mol. The van der Waals surface area contributed by atoms with Gasteiger partial charge in [0.1, 0.15) is 5.75 Å². The second kappa shape index (κ2) is 6.37. The van der Waals surface area contributed by atoms with E-state index in [2.05, 4.69) is 41.7 Å². The Morgan fingerprint density at radius 2 is 1.61 bits per heavy atom. The molecule has 2 aromatic carbocycles. The van der Waals surface area contributed by atoms with Crippen LogP contribution in [0.2, 0.25) is 0 Å². The number of aromatic hydroxyl groups is 1. The summed E-state index contributed by atoms with van der Waals surface area (Å²) in [6.07, 6.45) is 6.34. The highest BCUT2D eigenvalue weighted by Crippen LogP contribution is 2.46. The van der Waals surface area contributed by atoms with E-state index in [4.69, 9.17) is 0 Å². The van der Waals surface area contributed by atoms with Gasteiger partial charge in [-0.2, -0.15) is 0 Å². The Morgan fingerprint density at radius 1 is 0.870 bits per heavy atom. The second-order valence-electron chi connectivity index (χ2n) is 7.09. The maximum Gasteiger partial charge on any atom is 0.120 e. The summed E-state index contributed by atoms with van der Waals surface area (Å²) < 4.78 is 0. The van der Waals surface area contributed by atoms with Gasteiger partial charge in [0.2, 0.25) is 0 Å². The fourth-order valence-corrected chi connectivity index (χ4v) is 4.69. The number of piperidine rings is 1. The lowest BCUT2D eigenvalue weighted by Gasteiger charge is -2.46. The van der Waals surface area contributed by atoms with Crippen molar-refractivity contribution in [3.05, 3.63) is 65.7 Å². The van der Waals surface area contributed by atoms with E-state index in [1.807, 2.05) is 18.2 Å². The van der Waals surface area contributed by atoms with Crippen LogP contribution in [0.3, 0.4) is 0 Å². The zero-order valence-corrected chi connectivity index (χ0v) is 13.5. The van der Waals surface area contributed by atoms with Crippen molar-refractivity contribution in [3.63, 3.8) is 0 Å². The molecule has 4 rings (SSSR count). The lowest BCUT2D eigenvalue weighted by atomic mass is 9.68. The molecule has 2 fully saturated rings. The minimum atomic E-state index is 0.251. The second-order valence-corrected chi connectivity index (χ2v) is 7.09. The van der Waals surface area contributed by atoms with Gasteiger partial charge in [-0.25, -0.2) is 0 Å². The highest BCUT2D eigenvalue weighted by Gasteiger charge is 2.40. The Bertz CT molecular complexity index is 654. The van der Waals surface area contributed by atoms with Crippen LogP contribution in [-0.4, -0.2) is 11.1 Å². The third kappa shape index (κ3) is 2.88. The minimum Gasteiger partial charge on any atom is -0.508 e. The van der Waals surface area contributed by atoms with Gasteiger partial charge < -0.3 is 10.4 Å². The van der Waals surface area contributed by atoms with Crippen molar-refractivity contribution in [2.45, 2.75) is 50.1 Å². The smallest absolute Gasteiger partial charge is 0.120 e. The van der Waals surface area contributed by atoms with E-state index in [9.17, 15) is 5.11 Å². The number of phenolic OH excluding ortho intramolecular Hbond substituents is 1. The van der Waals surface area contributed by atoms with Crippen LogP contribution in [0.25, 0.3) is 0 Å². The number of fused-ring (bicyclic) bond motifs is 1. The molecule has 23 heavy (non-hydrogen) atoms. The van der Waals surface area contributed by atoms with Crippen LogP contribution in [-0.2, 0) is 0 Å². The lowest BCUT2D eigenvalue weighted by Crippen LogP contribution is -2.48. The molecule has 0 aromatic heterocycles. The molecule has 2 aromatic rings. The van der Waals surface area contributed by atoms with Crippen LogP contribution >= 0.6 is 0 Å². The van der Waals surface area contributed by atoms with Crippen molar-refractivity contribution in [1.82, 2.24) is 5.32 Å². The van der Waals surface area contributed by atoms with E-state index >= 15 is 0 Å². The van der Waals surface area contributed by atoms with E-state index in [1.165, 1.54) is 31.2 Å². The molecule has 0 radical (unpaired) electrons. The van der Waals surface area contributed by atoms with Crippen LogP contribution in [0, 0.1) is 5.92 Å². The number of hydrogen-bond donors (Lipinski definition) is 2. The number of rotatable bonds is 2. The molecule has 120 valence electrons. The first-order valence-corrected chi connectivity index (χ1v) is 8.92. The molecule has 1 saturated heterocycles. The standard InChI is InChI=1S/C21H25NO/c23-21-13-7-5-11-17(21)20-14-18(15-8-2-1-3-9-15)16-10-4-6-12-19(16)22-20/h1-3,5,7-9,11,13,16,18-20,22-23H,4,6,10,12,14H2/t16-,18-,19+,20-/m1/s1. The maximum absolute atomic E-state index is 10.3. The summed E-state index contributed by atoms with van der Waals surface area (Å²) in [5, 5.41) is 14.1. The van der Waals surface area contributed by atoms with Crippen molar-refractivity contribution in [3.8, 4) is 5.75 Å². The number of nitrogens with one attached hydrogen (secondary N) is 1. The summed E-state index contributed by atoms with van der Waals surface area (Å²) in [5.74, 6) is 1.74. The molecule has 0 unspecified atom stereocenters. The van der Waals surface area contributed by atoms with E-state index in [-0.39, 0.29) is 6.04 Å². The normalized spacial score (nSPS) is 30.6. The molecule has 0 bridgehead atoms. The summed E-state index contributed by atoms with van der Waals surface area (Å²) >= 11 is 0. The number of benzene rings is 2. The summed E-state index contributed by atoms with van der Waals surface area (Å²) in [7, 11) is 0. The highest BCUT2D eigenvalue weighted by atomic mass is 16.3. The molecule has 1 saturated carbocycles. The van der Waals surface area contributed by atoms with Gasteiger partial charge in [-0.15, -0.1) is 0 Å². The van der Waals surface area contributed by atoms with Gasteiger partial charge in [-0.05, 0) is 42.7 Å². The highest BCUT2D eigenvalue weighted by molar-refractivity contribution is 5.36. The van der Waals surface area contributed by atoms with E-state index in [1.54, 1.807) is 0 Å². The van der Waals surface area contributed by atoms with Crippen LogP contribution < -0.4 is 5.32 Å². The van der Waals surface area contributed by atoms with Crippen molar-refractivity contribution in [1.29, 1.82) is 0 Å². The Morgan fingerprint density at radius 3 is 2.43 bits per heavy atom. The van der Waals surface area contributed by atoms with Crippen molar-refractivity contribution in [2.24, 2.45) is 5.92 Å². The molecule has 1 aliphatic heterocycles. The Balaban J connectivity index is 1.68. The fourth-order valence-electron chi connectivity index (χ4n) is 4.69. The first kappa shape index (κ1) is 14.8. The monoisotopic (exact) mass is 307 g/mol. The SMILES string of the molecule is Oc1ccccc1[C@H]1C[C@H](c2ccccc2)[C@H]2CCCC[C@@H]2N1. The van der Waals surface area contributed by atoms with E-state index < -0.39 is 0 Å². The molecule has 1 aliphatic carbocycles. The predicted molar refractivity (Wildman–Crippen MR) is 93.5 cm³/mol. The van der Waals surface area contributed by atoms with Crippen LogP contribution in [0.5, 0.6) is 5.75 Å². The van der Waals surface area contributed by atoms with Crippen molar-refractivity contribution < 1.29 is 5.11 Å². The van der Waals surface area contributed by atoms with Gasteiger partial charge in [0.05, 0.1) is 0 Å². The molecule has 0 spiro atoms.